The molecule has 0 radical (unpaired) electrons. The predicted molar refractivity (Wildman–Crippen MR) is 74.0 cm³/mol. The van der Waals surface area contributed by atoms with E-state index < -0.39 is 58.7 Å². The van der Waals surface area contributed by atoms with Crippen molar-refractivity contribution in [3.63, 3.8) is 0 Å². The number of halogens is 7. The van der Waals surface area contributed by atoms with E-state index in [0.29, 0.717) is 6.07 Å². The van der Waals surface area contributed by atoms with Crippen molar-refractivity contribution in [2.45, 2.75) is 30.5 Å². The van der Waals surface area contributed by atoms with Gasteiger partial charge in [-0.1, -0.05) is 6.07 Å². The molecule has 1 rings (SSSR count). The van der Waals surface area contributed by atoms with Gasteiger partial charge in [-0.05, 0) is 11.6 Å². The van der Waals surface area contributed by atoms with Gasteiger partial charge in [-0.25, -0.2) is 4.79 Å². The molecule has 156 valence electrons. The topological polar surface area (TPSA) is 130 Å². The van der Waals surface area contributed by atoms with Gasteiger partial charge < -0.3 is 15.5 Å². The van der Waals surface area contributed by atoms with Crippen LogP contribution in [0.25, 0.3) is 0 Å². The number of benzene rings is 1. The number of nitro groups is 1. The van der Waals surface area contributed by atoms with Crippen LogP contribution in [0.3, 0.4) is 0 Å². The number of carbonyl (C=O) groups is 2. The lowest BCUT2D eigenvalue weighted by Crippen LogP contribution is -2.61. The van der Waals surface area contributed by atoms with Crippen molar-refractivity contribution in [2.75, 3.05) is 0 Å². The molecule has 1 atom stereocenters. The predicted octanol–water partition coefficient (Wildman–Crippen LogP) is 2.25. The summed E-state index contributed by atoms with van der Waals surface area (Å²) in [5.41, 5.74) is -1.26. The summed E-state index contributed by atoms with van der Waals surface area (Å²) in [4.78, 5) is 31.9. The zero-order chi connectivity index (χ0) is 22.1. The summed E-state index contributed by atoms with van der Waals surface area (Å²) in [5, 5.41) is 29.7. The third-order valence-electron chi connectivity index (χ3n) is 3.32. The second-order valence-electron chi connectivity index (χ2n) is 5.30. The molecule has 0 aliphatic heterocycles. The van der Waals surface area contributed by atoms with Crippen LogP contribution in [0, 0.1) is 10.1 Å². The van der Waals surface area contributed by atoms with Gasteiger partial charge in [0, 0.05) is 12.5 Å². The van der Waals surface area contributed by atoms with E-state index in [4.69, 9.17) is 5.11 Å². The second-order valence-corrected chi connectivity index (χ2v) is 5.30. The highest BCUT2D eigenvalue weighted by molar-refractivity contribution is 5.89. The van der Waals surface area contributed by atoms with Crippen molar-refractivity contribution in [1.82, 2.24) is 5.32 Å². The Morgan fingerprint density at radius 1 is 1.14 bits per heavy atom. The van der Waals surface area contributed by atoms with Crippen LogP contribution in [0.15, 0.2) is 18.2 Å². The number of carboxylic acid groups (broad SMARTS) is 1. The lowest BCUT2D eigenvalue weighted by Gasteiger charge is -2.28. The Morgan fingerprint density at radius 2 is 1.68 bits per heavy atom. The second kappa shape index (κ2) is 7.47. The third-order valence-corrected chi connectivity index (χ3v) is 3.32. The van der Waals surface area contributed by atoms with Crippen LogP contribution < -0.4 is 5.32 Å². The van der Waals surface area contributed by atoms with Gasteiger partial charge in [0.2, 0.25) is 0 Å². The smallest absolute Gasteiger partial charge is 0.460 e. The van der Waals surface area contributed by atoms with Gasteiger partial charge in [-0.15, -0.1) is 0 Å². The normalized spacial score (nSPS) is 13.7. The maximum Gasteiger partial charge on any atom is 0.460 e. The number of carboxylic acids is 1. The number of nitrogens with zero attached hydrogens (tertiary/aromatic N) is 1. The minimum atomic E-state index is -6.80. The molecule has 1 aromatic carbocycles. The monoisotopic (exact) mass is 422 g/mol. The SMILES string of the molecule is O=C(O)[C@H](Cc1ccc(O)c([N+](=O)[O-])c1)NC(=O)C(F)(F)C(F)(F)C(F)(F)F. The Balaban J connectivity index is 3.12. The lowest BCUT2D eigenvalue weighted by atomic mass is 10.0. The largest absolute Gasteiger partial charge is 0.502 e. The zero-order valence-electron chi connectivity index (χ0n) is 13.1. The van der Waals surface area contributed by atoms with Crippen LogP contribution in [-0.2, 0) is 16.0 Å². The van der Waals surface area contributed by atoms with Crippen molar-refractivity contribution in [3.05, 3.63) is 33.9 Å². The molecule has 0 saturated carbocycles. The average Bonchev–Trinajstić information content (AvgIpc) is 2.53. The number of aliphatic carboxylic acids is 1. The zero-order valence-corrected chi connectivity index (χ0v) is 13.1. The molecule has 1 aromatic rings. The van der Waals surface area contributed by atoms with Crippen molar-refractivity contribution < 1.29 is 55.5 Å². The molecule has 1 amide bonds. The fraction of sp³-hybridized carbons (Fsp3) is 0.385. The molecule has 0 unspecified atom stereocenters. The quantitative estimate of drug-likeness (QED) is 0.351. The first-order valence-electron chi connectivity index (χ1n) is 6.84. The molecule has 0 aliphatic rings. The lowest BCUT2D eigenvalue weighted by molar-refractivity contribution is -0.385. The molecule has 0 spiro atoms. The van der Waals surface area contributed by atoms with E-state index in [0.717, 1.165) is 17.4 Å². The van der Waals surface area contributed by atoms with E-state index in [1.54, 1.807) is 0 Å². The molecular weight excluding hydrogens is 413 g/mol. The number of amides is 1. The van der Waals surface area contributed by atoms with Crippen LogP contribution in [0.1, 0.15) is 5.56 Å². The molecule has 0 bridgehead atoms. The summed E-state index contributed by atoms with van der Waals surface area (Å²) >= 11 is 0. The Morgan fingerprint density at radius 3 is 2.11 bits per heavy atom. The fourth-order valence-electron chi connectivity index (χ4n) is 1.85. The van der Waals surface area contributed by atoms with Crippen molar-refractivity contribution >= 4 is 17.6 Å². The molecule has 0 heterocycles. The summed E-state index contributed by atoms with van der Waals surface area (Å²) in [6.45, 7) is 0. The highest BCUT2D eigenvalue weighted by Crippen LogP contribution is 2.46. The third kappa shape index (κ3) is 4.40. The van der Waals surface area contributed by atoms with Gasteiger partial charge in [0.05, 0.1) is 4.92 Å². The number of aromatic hydroxyl groups is 1. The highest BCUT2D eigenvalue weighted by Gasteiger charge is 2.76. The Bertz CT molecular complexity index is 796. The first-order valence-corrected chi connectivity index (χ1v) is 6.84. The van der Waals surface area contributed by atoms with Gasteiger partial charge >= 0.3 is 29.7 Å². The van der Waals surface area contributed by atoms with E-state index in [9.17, 15) is 55.5 Å². The molecule has 0 aromatic heterocycles. The van der Waals surface area contributed by atoms with E-state index in [2.05, 4.69) is 0 Å². The Hall–Kier alpha value is -3.13. The molecule has 0 fully saturated rings. The molecule has 0 saturated heterocycles. The minimum Gasteiger partial charge on any atom is -0.502 e. The molecule has 8 nitrogen and oxygen atoms in total. The molecule has 28 heavy (non-hydrogen) atoms. The number of nitrogens with one attached hydrogen (secondary N) is 1. The van der Waals surface area contributed by atoms with Crippen LogP contribution in [0.4, 0.5) is 36.4 Å². The minimum absolute atomic E-state index is 0.330. The number of alkyl halides is 7. The van der Waals surface area contributed by atoms with Gasteiger partial charge in [0.1, 0.15) is 6.04 Å². The van der Waals surface area contributed by atoms with Crippen LogP contribution in [0.2, 0.25) is 0 Å². The van der Waals surface area contributed by atoms with Gasteiger partial charge in [0.25, 0.3) is 5.91 Å². The average molecular weight is 422 g/mol. The molecule has 0 aliphatic carbocycles. The standard InChI is InChI=1S/C13H9F7N2O6/c14-11(15,12(16,17)13(18,19)20)10(26)21-6(9(24)25)3-5-1-2-8(23)7(4-5)22(27)28/h1-2,4,6,23H,3H2,(H,21,26)(H,24,25)/t6-/m0/s1. The summed E-state index contributed by atoms with van der Waals surface area (Å²) in [6, 6.07) is -0.237. The summed E-state index contributed by atoms with van der Waals surface area (Å²) in [5.74, 6) is -19.3. The number of phenolic OH excluding ortho intramolecular Hbond substituents is 1. The van der Waals surface area contributed by atoms with Crippen molar-refractivity contribution in [1.29, 1.82) is 0 Å². The number of nitro benzene ring substituents is 1. The highest BCUT2D eigenvalue weighted by atomic mass is 19.4. The van der Waals surface area contributed by atoms with E-state index in [1.807, 2.05) is 0 Å². The van der Waals surface area contributed by atoms with E-state index in [-0.39, 0.29) is 5.56 Å². The van der Waals surface area contributed by atoms with Crippen molar-refractivity contribution in [3.8, 4) is 5.75 Å². The Kier molecular flexibility index (Phi) is 6.12. The van der Waals surface area contributed by atoms with Gasteiger partial charge in [-0.2, -0.15) is 30.7 Å². The van der Waals surface area contributed by atoms with Gasteiger partial charge in [-0.3, -0.25) is 14.9 Å². The fourth-order valence-corrected chi connectivity index (χ4v) is 1.85. The Labute approximate surface area is 149 Å². The maximum absolute atomic E-state index is 13.3. The number of hydrogen-bond acceptors (Lipinski definition) is 5. The molecule has 3 N–H and O–H groups in total. The van der Waals surface area contributed by atoms with Crippen LogP contribution >= 0.6 is 0 Å². The summed E-state index contributed by atoms with van der Waals surface area (Å²) < 4.78 is 88.5. The number of carbonyl (C=O) groups excluding carboxylic acids is 1. The van der Waals surface area contributed by atoms with Crippen LogP contribution in [0.5, 0.6) is 5.75 Å². The van der Waals surface area contributed by atoms with Crippen molar-refractivity contribution in [2.24, 2.45) is 0 Å². The summed E-state index contributed by atoms with van der Waals surface area (Å²) in [7, 11) is 0. The van der Waals surface area contributed by atoms with E-state index >= 15 is 0 Å². The van der Waals surface area contributed by atoms with Gasteiger partial charge in [0.15, 0.2) is 5.75 Å². The maximum atomic E-state index is 13.3. The first-order chi connectivity index (χ1) is 12.5. The van der Waals surface area contributed by atoms with E-state index in [1.165, 1.54) is 0 Å². The number of hydrogen-bond donors (Lipinski definition) is 3. The summed E-state index contributed by atoms with van der Waals surface area (Å²) in [6.07, 6.45) is -7.81. The number of phenols is 1. The molecule has 15 heteroatoms. The van der Waals surface area contributed by atoms with Crippen LogP contribution in [-0.4, -0.2) is 51.1 Å². The number of rotatable bonds is 7. The first kappa shape index (κ1) is 22.9. The molecular formula is C13H9F7N2O6.